The monoisotopic (exact) mass is 1010 g/mol. The van der Waals surface area contributed by atoms with E-state index in [1.54, 1.807) is 0 Å². The molecule has 0 amide bonds. The Morgan fingerprint density at radius 1 is 0.218 bits per heavy atom. The molecule has 14 aromatic rings. The molecule has 0 bridgehead atoms. The lowest BCUT2D eigenvalue weighted by atomic mass is 10.0. The predicted octanol–water partition coefficient (Wildman–Crippen LogP) is 20.1. The van der Waals surface area contributed by atoms with Crippen molar-refractivity contribution in [1.29, 1.82) is 0 Å². The van der Waals surface area contributed by atoms with Crippen LogP contribution in [0.5, 0.6) is 0 Å². The summed E-state index contributed by atoms with van der Waals surface area (Å²) >= 11 is 0. The SMILES string of the molecule is Fc1ccc(-n2c3ccccc3c3cc(N(c4ccc(-c5ccc(N(c6cccc(-c7ccccc7)c6)c6ccc7c(c6)c6ccccc6n7-c6ccc(F)cc6)cc5)cc4)c4cccc(-c5ccccc5)c4)ccc32)cc1. The normalized spacial score (nSPS) is 11.5. The molecule has 4 nitrogen and oxygen atoms in total. The van der Waals surface area contributed by atoms with E-state index >= 15 is 0 Å². The summed E-state index contributed by atoms with van der Waals surface area (Å²) in [5.41, 5.74) is 18.9. The minimum atomic E-state index is -0.262. The van der Waals surface area contributed by atoms with E-state index in [9.17, 15) is 8.78 Å². The van der Waals surface area contributed by atoms with Crippen molar-refractivity contribution in [1.82, 2.24) is 9.13 Å². The molecule has 0 aliphatic carbocycles. The van der Waals surface area contributed by atoms with Gasteiger partial charge in [0.1, 0.15) is 11.6 Å². The second-order valence-corrected chi connectivity index (χ2v) is 19.7. The van der Waals surface area contributed by atoms with Gasteiger partial charge in [0.2, 0.25) is 0 Å². The van der Waals surface area contributed by atoms with Crippen LogP contribution in [0, 0.1) is 11.6 Å². The highest BCUT2D eigenvalue weighted by molar-refractivity contribution is 6.12. The summed E-state index contributed by atoms with van der Waals surface area (Å²) in [5.74, 6) is -0.524. The first-order chi connectivity index (χ1) is 38.5. The number of para-hydroxylation sites is 2. The quantitative estimate of drug-likeness (QED) is 0.128. The number of aromatic nitrogens is 2. The van der Waals surface area contributed by atoms with Gasteiger partial charge >= 0.3 is 0 Å². The predicted molar refractivity (Wildman–Crippen MR) is 321 cm³/mol. The molecule has 0 saturated heterocycles. The maximum atomic E-state index is 14.2. The average molecular weight is 1010 g/mol. The van der Waals surface area contributed by atoms with Crippen LogP contribution in [-0.4, -0.2) is 9.13 Å². The smallest absolute Gasteiger partial charge is 0.123 e. The van der Waals surface area contributed by atoms with E-state index < -0.39 is 0 Å². The fourth-order valence-corrected chi connectivity index (χ4v) is 11.3. The van der Waals surface area contributed by atoms with Crippen molar-refractivity contribution in [2.24, 2.45) is 0 Å². The van der Waals surface area contributed by atoms with Gasteiger partial charge in [0, 0.05) is 67.0 Å². The average Bonchev–Trinajstić information content (AvgIpc) is 4.11. The van der Waals surface area contributed by atoms with Gasteiger partial charge < -0.3 is 18.9 Å². The summed E-state index contributed by atoms with van der Waals surface area (Å²) in [7, 11) is 0. The summed E-state index contributed by atoms with van der Waals surface area (Å²) in [5, 5.41) is 4.44. The number of halogens is 2. The van der Waals surface area contributed by atoms with Crippen molar-refractivity contribution in [2.75, 3.05) is 9.80 Å². The molecule has 78 heavy (non-hydrogen) atoms. The fourth-order valence-electron chi connectivity index (χ4n) is 11.3. The number of rotatable bonds is 11. The molecule has 0 atom stereocenters. The largest absolute Gasteiger partial charge is 0.310 e. The van der Waals surface area contributed by atoms with Crippen molar-refractivity contribution >= 4 is 77.7 Å². The van der Waals surface area contributed by atoms with Crippen LogP contribution in [0.15, 0.2) is 291 Å². The second-order valence-electron chi connectivity index (χ2n) is 19.7. The summed E-state index contributed by atoms with van der Waals surface area (Å²) in [4.78, 5) is 4.66. The van der Waals surface area contributed by atoms with Crippen molar-refractivity contribution in [3.05, 3.63) is 303 Å². The number of nitrogens with zero attached hydrogens (tertiary/aromatic N) is 4. The molecule has 370 valence electrons. The molecule has 0 aliphatic rings. The molecule has 12 aromatic carbocycles. The zero-order chi connectivity index (χ0) is 52.1. The van der Waals surface area contributed by atoms with Crippen LogP contribution in [0.1, 0.15) is 0 Å². The van der Waals surface area contributed by atoms with Crippen LogP contribution >= 0.6 is 0 Å². The molecule has 0 N–H and O–H groups in total. The Morgan fingerprint density at radius 3 is 0.949 bits per heavy atom. The third-order valence-electron chi connectivity index (χ3n) is 15.0. The van der Waals surface area contributed by atoms with Crippen LogP contribution in [-0.2, 0) is 0 Å². The molecule has 0 fully saturated rings. The number of fused-ring (bicyclic) bond motifs is 6. The van der Waals surface area contributed by atoms with Crippen LogP contribution < -0.4 is 9.80 Å². The Kier molecular flexibility index (Phi) is 11.5. The van der Waals surface area contributed by atoms with Crippen LogP contribution in [0.25, 0.3) is 88.4 Å². The van der Waals surface area contributed by atoms with Gasteiger partial charge in [-0.2, -0.15) is 0 Å². The highest BCUT2D eigenvalue weighted by atomic mass is 19.1. The van der Waals surface area contributed by atoms with E-state index in [0.717, 1.165) is 122 Å². The van der Waals surface area contributed by atoms with E-state index in [0.29, 0.717) is 0 Å². The number of hydrogen-bond donors (Lipinski definition) is 0. The van der Waals surface area contributed by atoms with Gasteiger partial charge in [-0.3, -0.25) is 0 Å². The second kappa shape index (κ2) is 19.4. The lowest BCUT2D eigenvalue weighted by Gasteiger charge is -2.27. The summed E-state index contributed by atoms with van der Waals surface area (Å²) in [6.07, 6.45) is 0. The maximum Gasteiger partial charge on any atom is 0.123 e. The van der Waals surface area contributed by atoms with Gasteiger partial charge in [-0.1, -0.05) is 146 Å². The summed E-state index contributed by atoms with van der Waals surface area (Å²) in [6.45, 7) is 0. The molecule has 0 aliphatic heterocycles. The van der Waals surface area contributed by atoms with Crippen LogP contribution in [0.4, 0.5) is 42.9 Å². The molecule has 2 aromatic heterocycles. The highest BCUT2D eigenvalue weighted by Crippen LogP contribution is 2.44. The Balaban J connectivity index is 0.857. The van der Waals surface area contributed by atoms with Gasteiger partial charge in [0.25, 0.3) is 0 Å². The van der Waals surface area contributed by atoms with E-state index in [-0.39, 0.29) is 11.6 Å². The molecule has 6 heteroatoms. The van der Waals surface area contributed by atoms with Gasteiger partial charge in [0.15, 0.2) is 0 Å². The molecule has 14 rings (SSSR count). The third-order valence-corrected chi connectivity index (χ3v) is 15.0. The lowest BCUT2D eigenvalue weighted by Crippen LogP contribution is -2.10. The van der Waals surface area contributed by atoms with Gasteiger partial charge in [-0.25, -0.2) is 8.78 Å². The molecule has 0 saturated carbocycles. The van der Waals surface area contributed by atoms with Crippen molar-refractivity contribution < 1.29 is 8.78 Å². The van der Waals surface area contributed by atoms with Crippen LogP contribution in [0.2, 0.25) is 0 Å². The summed E-state index contributed by atoms with van der Waals surface area (Å²) in [6, 6.07) is 99.7. The highest BCUT2D eigenvalue weighted by Gasteiger charge is 2.21. The van der Waals surface area contributed by atoms with Gasteiger partial charge in [-0.15, -0.1) is 0 Å². The third kappa shape index (κ3) is 8.33. The Morgan fingerprint density at radius 2 is 0.538 bits per heavy atom. The Bertz CT molecular complexity index is 4200. The number of hydrogen-bond acceptors (Lipinski definition) is 2. The molecule has 2 heterocycles. The van der Waals surface area contributed by atoms with E-state index in [4.69, 9.17) is 0 Å². The Labute approximate surface area is 450 Å². The van der Waals surface area contributed by atoms with E-state index in [2.05, 4.69) is 249 Å². The molecular formula is C72H48F2N4. The number of anilines is 6. The summed E-state index contributed by atoms with van der Waals surface area (Å²) < 4.78 is 32.8. The lowest BCUT2D eigenvalue weighted by molar-refractivity contribution is 0.627. The van der Waals surface area contributed by atoms with Crippen molar-refractivity contribution in [3.8, 4) is 44.8 Å². The molecular weight excluding hydrogens is 959 g/mol. The van der Waals surface area contributed by atoms with E-state index in [1.165, 1.54) is 24.3 Å². The topological polar surface area (TPSA) is 16.3 Å². The van der Waals surface area contributed by atoms with Crippen LogP contribution in [0.3, 0.4) is 0 Å². The molecule has 0 spiro atoms. The molecule has 0 unspecified atom stereocenters. The van der Waals surface area contributed by atoms with Crippen molar-refractivity contribution in [2.45, 2.75) is 0 Å². The first-order valence-electron chi connectivity index (χ1n) is 26.2. The standard InChI is InChI=1S/C72H48F2N4/c73-55-29-37-59(38-30-55)77-69-23-9-7-21-65(69)67-47-63(41-43-71(67)77)75(61-19-11-17-53(45-61)49-13-3-1-4-14-49)57-33-25-51(26-34-57)52-27-35-58(36-28-52)76(62-20-12-18-54(46-62)50-15-5-2-6-16-50)64-42-44-72-68(48-64)66-22-8-10-24-70(66)78(72)60-39-31-56(74)32-40-60/h1-48H. The minimum Gasteiger partial charge on any atom is -0.310 e. The Hall–Kier alpha value is -10.3. The van der Waals surface area contributed by atoms with Gasteiger partial charge in [-0.05, 0) is 179 Å². The first-order valence-corrected chi connectivity index (χ1v) is 26.2. The minimum absolute atomic E-state index is 0.262. The van der Waals surface area contributed by atoms with Gasteiger partial charge in [0.05, 0.1) is 22.1 Å². The first kappa shape index (κ1) is 46.2. The van der Waals surface area contributed by atoms with Crippen molar-refractivity contribution in [3.63, 3.8) is 0 Å². The molecule has 0 radical (unpaired) electrons. The zero-order valence-corrected chi connectivity index (χ0v) is 42.3. The maximum absolute atomic E-state index is 14.2. The fraction of sp³-hybridized carbons (Fsp3) is 0. The zero-order valence-electron chi connectivity index (χ0n) is 42.3. The van der Waals surface area contributed by atoms with E-state index in [1.807, 2.05) is 36.4 Å². The number of benzene rings is 12.